The van der Waals surface area contributed by atoms with Gasteiger partial charge in [0, 0.05) is 26.7 Å². The van der Waals surface area contributed by atoms with E-state index in [1.165, 1.54) is 18.2 Å². The van der Waals surface area contributed by atoms with Crippen molar-refractivity contribution in [3.63, 3.8) is 0 Å². The molecule has 1 rings (SSSR count). The largest absolute Gasteiger partial charge is 0.383 e. The van der Waals surface area contributed by atoms with Crippen LogP contribution >= 0.6 is 11.6 Å². The lowest BCUT2D eigenvalue weighted by Gasteiger charge is -2.09. The van der Waals surface area contributed by atoms with Gasteiger partial charge < -0.3 is 10.1 Å². The van der Waals surface area contributed by atoms with Gasteiger partial charge in [-0.1, -0.05) is 17.7 Å². The van der Waals surface area contributed by atoms with Crippen molar-refractivity contribution in [1.82, 2.24) is 10.0 Å². The molecule has 0 bridgehead atoms. The highest BCUT2D eigenvalue weighted by atomic mass is 35.5. The fourth-order valence-corrected chi connectivity index (χ4v) is 2.70. The first-order chi connectivity index (χ1) is 8.99. The van der Waals surface area contributed by atoms with Crippen LogP contribution in [0, 0.1) is 5.82 Å². The Balaban J connectivity index is 2.54. The Morgan fingerprint density at radius 2 is 2.05 bits per heavy atom. The summed E-state index contributed by atoms with van der Waals surface area (Å²) in [6.45, 7) is 1.72. The average molecular weight is 311 g/mol. The summed E-state index contributed by atoms with van der Waals surface area (Å²) in [4.78, 5) is -0.447. The predicted molar refractivity (Wildman–Crippen MR) is 71.3 cm³/mol. The number of hydrogen-bond donors (Lipinski definition) is 2. The molecule has 0 aliphatic rings. The van der Waals surface area contributed by atoms with Crippen LogP contribution < -0.4 is 10.0 Å². The molecule has 0 heterocycles. The number of rotatable bonds is 8. The Bertz CT molecular complexity index is 511. The van der Waals surface area contributed by atoms with Crippen LogP contribution in [0.4, 0.5) is 4.39 Å². The van der Waals surface area contributed by atoms with Gasteiger partial charge in [-0.15, -0.1) is 0 Å². The molecule has 0 saturated carbocycles. The zero-order valence-electron chi connectivity index (χ0n) is 10.4. The molecular weight excluding hydrogens is 295 g/mol. The molecule has 0 atom stereocenters. The van der Waals surface area contributed by atoms with Gasteiger partial charge in [-0.25, -0.2) is 17.5 Å². The number of hydrogen-bond acceptors (Lipinski definition) is 4. The van der Waals surface area contributed by atoms with Crippen LogP contribution in [0.5, 0.6) is 0 Å². The highest BCUT2D eigenvalue weighted by molar-refractivity contribution is 7.89. The zero-order valence-corrected chi connectivity index (χ0v) is 12.0. The molecule has 1 aromatic rings. The second kappa shape index (κ2) is 7.76. The van der Waals surface area contributed by atoms with Gasteiger partial charge in [-0.3, -0.25) is 0 Å². The van der Waals surface area contributed by atoms with Gasteiger partial charge >= 0.3 is 0 Å². The van der Waals surface area contributed by atoms with Crippen molar-refractivity contribution in [2.24, 2.45) is 0 Å². The van der Waals surface area contributed by atoms with Gasteiger partial charge in [0.25, 0.3) is 0 Å². The Kier molecular flexibility index (Phi) is 6.67. The highest BCUT2D eigenvalue weighted by Crippen LogP contribution is 2.21. The number of methoxy groups -OCH3 is 1. The quantitative estimate of drug-likeness (QED) is 0.703. The number of benzene rings is 1. The number of ether oxygens (including phenoxy) is 1. The monoisotopic (exact) mass is 310 g/mol. The maximum atomic E-state index is 13.6. The van der Waals surface area contributed by atoms with Crippen LogP contribution in [0.1, 0.15) is 0 Å². The van der Waals surface area contributed by atoms with Gasteiger partial charge in [0.05, 0.1) is 11.6 Å². The third kappa shape index (κ3) is 5.04. The fourth-order valence-electron chi connectivity index (χ4n) is 1.34. The van der Waals surface area contributed by atoms with E-state index in [2.05, 4.69) is 10.0 Å². The SMILES string of the molecule is COCCNCCNS(=O)(=O)c1cccc(Cl)c1F. The van der Waals surface area contributed by atoms with Crippen LogP contribution in [-0.2, 0) is 14.8 Å². The third-order valence-electron chi connectivity index (χ3n) is 2.28. The maximum Gasteiger partial charge on any atom is 0.243 e. The molecule has 0 aromatic heterocycles. The van der Waals surface area contributed by atoms with Crippen molar-refractivity contribution in [3.05, 3.63) is 29.0 Å². The molecule has 0 radical (unpaired) electrons. The lowest BCUT2D eigenvalue weighted by Crippen LogP contribution is -2.33. The van der Waals surface area contributed by atoms with Gasteiger partial charge in [-0.2, -0.15) is 0 Å². The van der Waals surface area contributed by atoms with E-state index in [1.54, 1.807) is 7.11 Å². The molecule has 2 N–H and O–H groups in total. The van der Waals surface area contributed by atoms with E-state index < -0.39 is 20.7 Å². The molecule has 0 aliphatic heterocycles. The van der Waals surface area contributed by atoms with Gasteiger partial charge in [0.2, 0.25) is 10.0 Å². The van der Waals surface area contributed by atoms with Crippen molar-refractivity contribution >= 4 is 21.6 Å². The number of sulfonamides is 1. The Morgan fingerprint density at radius 3 is 2.74 bits per heavy atom. The second-order valence-corrected chi connectivity index (χ2v) is 5.84. The van der Waals surface area contributed by atoms with Crippen LogP contribution in [0.2, 0.25) is 5.02 Å². The van der Waals surface area contributed by atoms with Crippen LogP contribution in [0.15, 0.2) is 23.1 Å². The Hall–Kier alpha value is -0.730. The number of nitrogens with one attached hydrogen (secondary N) is 2. The summed E-state index contributed by atoms with van der Waals surface area (Å²) in [5.74, 6) is -0.941. The minimum atomic E-state index is -3.89. The van der Waals surface area contributed by atoms with Crippen molar-refractivity contribution in [2.45, 2.75) is 4.90 Å². The smallest absolute Gasteiger partial charge is 0.243 e. The summed E-state index contributed by atoms with van der Waals surface area (Å²) >= 11 is 5.54. The van der Waals surface area contributed by atoms with Crippen LogP contribution in [-0.4, -0.2) is 41.8 Å². The van der Waals surface area contributed by atoms with Crippen LogP contribution in [0.25, 0.3) is 0 Å². The van der Waals surface area contributed by atoms with Crippen molar-refractivity contribution in [2.75, 3.05) is 33.4 Å². The Morgan fingerprint density at radius 1 is 1.32 bits per heavy atom. The summed E-state index contributed by atoms with van der Waals surface area (Å²) in [5.41, 5.74) is 0. The summed E-state index contributed by atoms with van der Waals surface area (Å²) in [6.07, 6.45) is 0. The van der Waals surface area contributed by atoms with E-state index in [4.69, 9.17) is 16.3 Å². The first kappa shape index (κ1) is 16.3. The van der Waals surface area contributed by atoms with Crippen molar-refractivity contribution in [1.29, 1.82) is 0 Å². The van der Waals surface area contributed by atoms with E-state index >= 15 is 0 Å². The van der Waals surface area contributed by atoms with Crippen molar-refractivity contribution in [3.8, 4) is 0 Å². The lowest BCUT2D eigenvalue weighted by molar-refractivity contribution is 0.199. The predicted octanol–water partition coefficient (Wildman–Crippen LogP) is 0.993. The minimum Gasteiger partial charge on any atom is -0.383 e. The molecule has 108 valence electrons. The average Bonchev–Trinajstić information content (AvgIpc) is 2.36. The van der Waals surface area contributed by atoms with Crippen LogP contribution in [0.3, 0.4) is 0 Å². The van der Waals surface area contributed by atoms with E-state index in [9.17, 15) is 12.8 Å². The topological polar surface area (TPSA) is 67.4 Å². The summed E-state index contributed by atoms with van der Waals surface area (Å²) in [6, 6.07) is 3.85. The molecule has 0 amide bonds. The Labute approximate surface area is 117 Å². The molecule has 1 aromatic carbocycles. The lowest BCUT2D eigenvalue weighted by atomic mass is 10.3. The van der Waals surface area contributed by atoms with Gasteiger partial charge in [0.15, 0.2) is 5.82 Å². The molecule has 5 nitrogen and oxygen atoms in total. The zero-order chi connectivity index (χ0) is 14.3. The molecule has 0 saturated heterocycles. The van der Waals surface area contributed by atoms with Gasteiger partial charge in [-0.05, 0) is 12.1 Å². The molecule has 0 unspecified atom stereocenters. The summed E-state index contributed by atoms with van der Waals surface area (Å²) in [7, 11) is -2.31. The maximum absolute atomic E-state index is 13.6. The molecule has 19 heavy (non-hydrogen) atoms. The molecule has 8 heteroatoms. The molecule has 0 spiro atoms. The van der Waals surface area contributed by atoms with Gasteiger partial charge in [0.1, 0.15) is 4.90 Å². The highest BCUT2D eigenvalue weighted by Gasteiger charge is 2.19. The molecular formula is C11H16ClFN2O3S. The first-order valence-corrected chi connectivity index (χ1v) is 7.48. The number of halogens is 2. The van der Waals surface area contributed by atoms with E-state index in [1.807, 2.05) is 0 Å². The molecule has 0 fully saturated rings. The fraction of sp³-hybridized carbons (Fsp3) is 0.455. The molecule has 0 aliphatic carbocycles. The first-order valence-electron chi connectivity index (χ1n) is 5.62. The standard InChI is InChI=1S/C11H16ClFN2O3S/c1-18-8-7-14-5-6-15-19(16,17)10-4-2-3-9(12)11(10)13/h2-4,14-15H,5-8H2,1H3. The third-order valence-corrected chi connectivity index (χ3v) is 4.05. The summed E-state index contributed by atoms with van der Waals surface area (Å²) < 4.78 is 44.4. The van der Waals surface area contributed by atoms with E-state index in [0.717, 1.165) is 0 Å². The van der Waals surface area contributed by atoms with E-state index in [0.29, 0.717) is 19.7 Å². The van der Waals surface area contributed by atoms with E-state index in [-0.39, 0.29) is 11.6 Å². The minimum absolute atomic E-state index is 0.151. The normalized spacial score (nSPS) is 11.7. The van der Waals surface area contributed by atoms with Crippen molar-refractivity contribution < 1.29 is 17.5 Å². The second-order valence-electron chi connectivity index (χ2n) is 3.69. The summed E-state index contributed by atoms with van der Waals surface area (Å²) in [5, 5.41) is 2.74.